The topological polar surface area (TPSA) is 519 Å². The van der Waals surface area contributed by atoms with Crippen molar-refractivity contribution in [1.29, 1.82) is 0 Å². The number of para-hydroxylation sites is 1. The zero-order chi connectivity index (χ0) is 60.7. The van der Waals surface area contributed by atoms with Crippen LogP contribution in [0.1, 0.15) is 69.9 Å². The van der Waals surface area contributed by atoms with Gasteiger partial charge < -0.3 is 90.9 Å². The Balaban J connectivity index is 2.00. The number of aliphatic carboxylic acids is 2. The smallest absolute Gasteiger partial charge is 0.326 e. The minimum atomic E-state index is -2.04. The van der Waals surface area contributed by atoms with E-state index in [0.29, 0.717) is 16.5 Å². The Labute approximate surface area is 468 Å². The maximum atomic E-state index is 14.6. The van der Waals surface area contributed by atoms with Crippen molar-refractivity contribution in [3.8, 4) is 5.75 Å². The van der Waals surface area contributed by atoms with E-state index in [1.54, 1.807) is 38.1 Å². The molecule has 1 heterocycles. The Morgan fingerprint density at radius 1 is 0.543 bits per heavy atom. The number of carboxylic acid groups (broad SMARTS) is 2. The van der Waals surface area contributed by atoms with Crippen LogP contribution in [0.25, 0.3) is 10.9 Å². The summed E-state index contributed by atoms with van der Waals surface area (Å²) < 4.78 is 0. The number of hydrogen-bond donors (Lipinski definition) is 18. The number of carbonyl (C=O) groups excluding carboxylic acids is 11. The monoisotopic (exact) mass is 1160 g/mol. The lowest BCUT2D eigenvalue weighted by Crippen LogP contribution is -2.61. The number of nitrogens with one attached hydrogen (secondary N) is 9. The molecule has 11 amide bonds. The Morgan fingerprint density at radius 3 is 1.54 bits per heavy atom. The van der Waals surface area contributed by atoms with Crippen molar-refractivity contribution >= 4 is 100 Å². The number of aromatic amines is 1. The molecule has 442 valence electrons. The largest absolute Gasteiger partial charge is 0.508 e. The van der Waals surface area contributed by atoms with Gasteiger partial charge in [0.25, 0.3) is 0 Å². The predicted octanol–water partition coefficient (Wildman–Crippen LogP) is -5.20. The number of aliphatic hydroxyl groups excluding tert-OH is 1. The molecule has 0 saturated carbocycles. The third-order valence-electron chi connectivity index (χ3n) is 12.1. The van der Waals surface area contributed by atoms with Crippen LogP contribution < -0.4 is 65.5 Å². The molecular formula is C50H69N13O17S. The zero-order valence-electron chi connectivity index (χ0n) is 44.1. The van der Waals surface area contributed by atoms with E-state index in [4.69, 9.17) is 22.9 Å². The lowest BCUT2D eigenvalue weighted by molar-refractivity contribution is -0.143. The van der Waals surface area contributed by atoms with E-state index in [1.165, 1.54) is 30.5 Å². The summed E-state index contributed by atoms with van der Waals surface area (Å²) in [5.41, 5.74) is 22.8. The number of carboxylic acids is 2. The second-order valence-corrected chi connectivity index (χ2v) is 19.5. The molecule has 30 nitrogen and oxygen atoms in total. The number of carbonyl (C=O) groups is 13. The third kappa shape index (κ3) is 22.4. The van der Waals surface area contributed by atoms with Crippen molar-refractivity contribution in [1.82, 2.24) is 47.5 Å². The maximum Gasteiger partial charge on any atom is 0.326 e. The van der Waals surface area contributed by atoms with Gasteiger partial charge in [0, 0.05) is 48.5 Å². The standard InChI is InChI=1S/C50H69N13O17S/c1-23(2)15-35(50(79)80)61-49(78)37(22-81)63-43(72)30(12-14-39(53)67)56-48(77)36(21-64)62-44(73)31(16-24-7-9-26(65)10-8-24)58-45(74)32(17-25-20-55-29-6-4-3-5-27(25)29)59-47(76)34(19-41(69)70)60-46(75)33(18-40(54)68)57-42(71)28(51)11-13-38(52)66/h3-10,20,23,28,30-37,55,64-65,81H,11-19,21-22,51H2,1-2H3,(H2,52,66)(H2,53,67)(H2,54,68)(H,56,77)(H,57,71)(H,58,74)(H,59,76)(H,60,75)(H,61,78)(H,62,73)(H,63,72)(H,69,70)(H,79,80). The Hall–Kier alpha value is -8.84. The Bertz CT molecular complexity index is 2780. The van der Waals surface area contributed by atoms with Crippen LogP contribution in [-0.4, -0.2) is 169 Å². The van der Waals surface area contributed by atoms with Gasteiger partial charge in [0.2, 0.25) is 65.0 Å². The molecule has 0 spiro atoms. The molecule has 0 aliphatic carbocycles. The number of fused-ring (bicyclic) bond motifs is 1. The lowest BCUT2D eigenvalue weighted by atomic mass is 10.0. The molecule has 3 rings (SSSR count). The van der Waals surface area contributed by atoms with Crippen LogP contribution in [0.2, 0.25) is 0 Å². The van der Waals surface area contributed by atoms with E-state index >= 15 is 0 Å². The fourth-order valence-electron chi connectivity index (χ4n) is 7.85. The first kappa shape index (κ1) is 66.4. The number of aromatic hydroxyl groups is 1. The lowest BCUT2D eigenvalue weighted by Gasteiger charge is -2.27. The predicted molar refractivity (Wildman–Crippen MR) is 288 cm³/mol. The van der Waals surface area contributed by atoms with E-state index in [2.05, 4.69) is 60.1 Å². The summed E-state index contributed by atoms with van der Waals surface area (Å²) in [6.07, 6.45) is -2.90. The minimum absolute atomic E-state index is 0.0327. The molecule has 1 aromatic heterocycles. The molecule has 3 aromatic rings. The van der Waals surface area contributed by atoms with Crippen molar-refractivity contribution in [2.75, 3.05) is 12.4 Å². The number of rotatable bonds is 35. The van der Waals surface area contributed by atoms with Crippen LogP contribution in [0.4, 0.5) is 0 Å². The van der Waals surface area contributed by atoms with E-state index < -0.39 is 176 Å². The average Bonchev–Trinajstić information content (AvgIpc) is 3.90. The summed E-state index contributed by atoms with van der Waals surface area (Å²) in [5.74, 6) is -15.8. The molecule has 0 bridgehead atoms. The van der Waals surface area contributed by atoms with Crippen LogP contribution in [0.5, 0.6) is 5.75 Å². The van der Waals surface area contributed by atoms with Gasteiger partial charge in [-0.3, -0.25) is 57.5 Å². The first-order chi connectivity index (χ1) is 38.1. The van der Waals surface area contributed by atoms with Gasteiger partial charge in [-0.25, -0.2) is 4.79 Å². The molecule has 9 unspecified atom stereocenters. The highest BCUT2D eigenvalue weighted by molar-refractivity contribution is 7.80. The first-order valence-electron chi connectivity index (χ1n) is 25.1. The molecular weight excluding hydrogens is 1090 g/mol. The van der Waals surface area contributed by atoms with Crippen molar-refractivity contribution in [3.63, 3.8) is 0 Å². The molecule has 2 aromatic carbocycles. The SMILES string of the molecule is CC(C)CC(NC(=O)C(CS)NC(=O)C(CCC(N)=O)NC(=O)C(CO)NC(=O)C(Cc1ccc(O)cc1)NC(=O)C(Cc1c[nH]c2ccccc12)NC(=O)C(CC(=O)O)NC(=O)C(CC(N)=O)NC(=O)C(N)CCC(N)=O)C(=O)O. The first-order valence-corrected chi connectivity index (χ1v) is 25.8. The van der Waals surface area contributed by atoms with Crippen LogP contribution >= 0.6 is 12.6 Å². The van der Waals surface area contributed by atoms with Gasteiger partial charge in [-0.05, 0) is 54.5 Å². The number of aromatic nitrogens is 1. The van der Waals surface area contributed by atoms with Crippen LogP contribution in [0.15, 0.2) is 54.7 Å². The van der Waals surface area contributed by atoms with Gasteiger partial charge >= 0.3 is 11.9 Å². The van der Waals surface area contributed by atoms with Gasteiger partial charge in [0.15, 0.2) is 0 Å². The number of phenolic OH excluding ortho intramolecular Hbond substituents is 1. The number of thiol groups is 1. The van der Waals surface area contributed by atoms with E-state index in [9.17, 15) is 82.8 Å². The van der Waals surface area contributed by atoms with Crippen molar-refractivity contribution < 1.29 is 82.8 Å². The van der Waals surface area contributed by atoms with E-state index in [1.807, 2.05) is 0 Å². The van der Waals surface area contributed by atoms with Crippen LogP contribution in [0, 0.1) is 5.92 Å². The molecule has 31 heteroatoms. The van der Waals surface area contributed by atoms with Crippen LogP contribution in [-0.2, 0) is 75.2 Å². The number of nitrogens with two attached hydrogens (primary N) is 4. The Kier molecular flexibility index (Phi) is 26.5. The van der Waals surface area contributed by atoms with Crippen molar-refractivity contribution in [3.05, 3.63) is 65.9 Å². The Morgan fingerprint density at radius 2 is 1.00 bits per heavy atom. The van der Waals surface area contributed by atoms with Crippen LogP contribution in [0.3, 0.4) is 0 Å². The van der Waals surface area contributed by atoms with Gasteiger partial charge in [-0.2, -0.15) is 12.6 Å². The molecule has 21 N–H and O–H groups in total. The molecule has 81 heavy (non-hydrogen) atoms. The fourth-order valence-corrected chi connectivity index (χ4v) is 8.11. The fraction of sp³-hybridized carbons (Fsp3) is 0.460. The van der Waals surface area contributed by atoms with Gasteiger partial charge in [0.05, 0.1) is 25.5 Å². The van der Waals surface area contributed by atoms with Gasteiger partial charge in [0.1, 0.15) is 54.1 Å². The van der Waals surface area contributed by atoms with Crippen molar-refractivity contribution in [2.24, 2.45) is 28.9 Å². The normalized spacial score (nSPS) is 14.4. The summed E-state index contributed by atoms with van der Waals surface area (Å²) >= 11 is 4.10. The maximum absolute atomic E-state index is 14.6. The second-order valence-electron chi connectivity index (χ2n) is 19.1. The summed E-state index contributed by atoms with van der Waals surface area (Å²) in [5, 5.41) is 58.9. The summed E-state index contributed by atoms with van der Waals surface area (Å²) in [7, 11) is 0. The summed E-state index contributed by atoms with van der Waals surface area (Å²) in [6, 6.07) is -3.23. The van der Waals surface area contributed by atoms with Gasteiger partial charge in [-0.15, -0.1) is 0 Å². The number of primary amides is 3. The molecule has 0 saturated heterocycles. The average molecular weight is 1160 g/mol. The number of amides is 11. The number of phenols is 1. The highest BCUT2D eigenvalue weighted by atomic mass is 32.1. The number of H-pyrrole nitrogens is 1. The van der Waals surface area contributed by atoms with E-state index in [-0.39, 0.29) is 42.2 Å². The molecule has 0 aliphatic rings. The number of benzene rings is 2. The second kappa shape index (κ2) is 32.3. The third-order valence-corrected chi connectivity index (χ3v) is 12.5. The van der Waals surface area contributed by atoms with Crippen molar-refractivity contribution in [2.45, 2.75) is 126 Å². The highest BCUT2D eigenvalue weighted by Crippen LogP contribution is 2.20. The molecule has 9 atom stereocenters. The minimum Gasteiger partial charge on any atom is -0.508 e. The number of aliphatic hydroxyl groups is 1. The molecule has 0 aliphatic heterocycles. The summed E-state index contributed by atoms with van der Waals surface area (Å²) in [6.45, 7) is 2.29. The molecule has 0 fully saturated rings. The number of hydrogen-bond acceptors (Lipinski definition) is 17. The highest BCUT2D eigenvalue weighted by Gasteiger charge is 2.36. The van der Waals surface area contributed by atoms with Gasteiger partial charge in [-0.1, -0.05) is 44.2 Å². The zero-order valence-corrected chi connectivity index (χ0v) is 45.0. The molecule has 0 radical (unpaired) electrons. The quantitative estimate of drug-likeness (QED) is 0.0245. The summed E-state index contributed by atoms with van der Waals surface area (Å²) in [4.78, 5) is 172. The van der Waals surface area contributed by atoms with E-state index in [0.717, 1.165) is 0 Å².